The molecule has 1 N–H and O–H groups in total. The average Bonchev–Trinajstić information content (AvgIpc) is 3.07. The van der Waals surface area contributed by atoms with Gasteiger partial charge in [0.1, 0.15) is 5.01 Å². The quantitative estimate of drug-likeness (QED) is 0.800. The first-order valence-electron chi connectivity index (χ1n) is 5.90. The molecule has 0 saturated heterocycles. The number of nitrogens with zero attached hydrogens (tertiary/aromatic N) is 2. The van der Waals surface area contributed by atoms with Gasteiger partial charge in [-0.1, -0.05) is 6.07 Å². The minimum Gasteiger partial charge on any atom is -0.481 e. The maximum atomic E-state index is 10.7. The van der Waals surface area contributed by atoms with E-state index in [0.717, 1.165) is 26.1 Å². The fourth-order valence-corrected chi connectivity index (χ4v) is 3.58. The molecule has 0 saturated carbocycles. The Morgan fingerprint density at radius 1 is 1.20 bits per heavy atom. The molecule has 0 amide bonds. The molecule has 0 spiro atoms. The van der Waals surface area contributed by atoms with Crippen molar-refractivity contribution < 1.29 is 9.90 Å². The number of carboxylic acids is 1. The second-order valence-electron chi connectivity index (χ2n) is 4.09. The molecule has 0 aliphatic carbocycles. The number of pyridine rings is 1. The highest BCUT2D eigenvalue weighted by Gasteiger charge is 2.10. The van der Waals surface area contributed by atoms with Gasteiger partial charge in [-0.15, -0.1) is 22.7 Å². The third-order valence-corrected chi connectivity index (χ3v) is 4.60. The first-order valence-corrected chi connectivity index (χ1v) is 7.60. The zero-order valence-corrected chi connectivity index (χ0v) is 11.9. The first-order chi connectivity index (χ1) is 9.72. The molecule has 3 aromatic heterocycles. The second-order valence-corrected chi connectivity index (χ2v) is 6.12. The number of hydrogen-bond acceptors (Lipinski definition) is 5. The molecule has 0 atom stereocenters. The lowest BCUT2D eigenvalue weighted by molar-refractivity contribution is -0.136. The molecule has 0 aliphatic heterocycles. The van der Waals surface area contributed by atoms with E-state index in [1.807, 2.05) is 35.7 Å². The Bertz CT molecular complexity index is 734. The molecule has 20 heavy (non-hydrogen) atoms. The highest BCUT2D eigenvalue weighted by Crippen LogP contribution is 2.32. The van der Waals surface area contributed by atoms with Gasteiger partial charge in [0.25, 0.3) is 0 Å². The Labute approximate surface area is 123 Å². The molecule has 4 nitrogen and oxygen atoms in total. The van der Waals surface area contributed by atoms with Crippen molar-refractivity contribution in [3.05, 3.63) is 46.8 Å². The van der Waals surface area contributed by atoms with Crippen molar-refractivity contribution in [3.63, 3.8) is 0 Å². The van der Waals surface area contributed by atoms with Gasteiger partial charge in [-0.05, 0) is 24.3 Å². The highest BCUT2D eigenvalue weighted by molar-refractivity contribution is 7.16. The van der Waals surface area contributed by atoms with Gasteiger partial charge >= 0.3 is 5.97 Å². The molecular formula is C14H10N2O2S2. The summed E-state index contributed by atoms with van der Waals surface area (Å²) in [5.41, 5.74) is 1.73. The summed E-state index contributed by atoms with van der Waals surface area (Å²) >= 11 is 3.00. The van der Waals surface area contributed by atoms with E-state index in [4.69, 9.17) is 5.11 Å². The van der Waals surface area contributed by atoms with E-state index in [1.54, 1.807) is 6.20 Å². The summed E-state index contributed by atoms with van der Waals surface area (Å²) < 4.78 is 0. The molecule has 0 fully saturated rings. The number of hydrogen-bond donors (Lipinski definition) is 1. The van der Waals surface area contributed by atoms with Gasteiger partial charge < -0.3 is 5.11 Å². The summed E-state index contributed by atoms with van der Waals surface area (Å²) in [6.45, 7) is 0. The summed E-state index contributed by atoms with van der Waals surface area (Å²) in [4.78, 5) is 21.3. The maximum Gasteiger partial charge on any atom is 0.308 e. The van der Waals surface area contributed by atoms with Crippen LogP contribution in [-0.2, 0) is 11.2 Å². The smallest absolute Gasteiger partial charge is 0.308 e. The van der Waals surface area contributed by atoms with Gasteiger partial charge in [0.15, 0.2) is 0 Å². The Balaban J connectivity index is 1.87. The highest BCUT2D eigenvalue weighted by atomic mass is 32.1. The summed E-state index contributed by atoms with van der Waals surface area (Å²) in [6.07, 6.45) is 1.80. The van der Waals surface area contributed by atoms with Crippen LogP contribution in [0.15, 0.2) is 41.9 Å². The lowest BCUT2D eigenvalue weighted by Crippen LogP contribution is -1.96. The van der Waals surface area contributed by atoms with E-state index in [1.165, 1.54) is 22.7 Å². The van der Waals surface area contributed by atoms with Crippen LogP contribution >= 0.6 is 22.7 Å². The van der Waals surface area contributed by atoms with Crippen LogP contribution in [0.3, 0.4) is 0 Å². The van der Waals surface area contributed by atoms with Gasteiger partial charge in [-0.2, -0.15) is 0 Å². The minimum absolute atomic E-state index is 0.0574. The Kier molecular flexibility index (Phi) is 3.58. The number of carbonyl (C=O) groups is 1. The molecule has 0 bridgehead atoms. The number of thiazole rings is 1. The van der Waals surface area contributed by atoms with Crippen LogP contribution < -0.4 is 0 Å². The monoisotopic (exact) mass is 302 g/mol. The molecule has 0 aliphatic rings. The van der Waals surface area contributed by atoms with Crippen molar-refractivity contribution in [2.24, 2.45) is 0 Å². The van der Waals surface area contributed by atoms with Crippen LogP contribution in [-0.4, -0.2) is 21.0 Å². The molecular weight excluding hydrogens is 292 g/mol. The molecule has 6 heteroatoms. The number of aromatic nitrogens is 2. The molecule has 100 valence electrons. The lowest BCUT2D eigenvalue weighted by atomic mass is 10.3. The molecule has 0 aromatic carbocycles. The first kappa shape index (κ1) is 13.0. The van der Waals surface area contributed by atoms with E-state index in [9.17, 15) is 4.79 Å². The fraction of sp³-hybridized carbons (Fsp3) is 0.0714. The predicted molar refractivity (Wildman–Crippen MR) is 80.0 cm³/mol. The Morgan fingerprint density at radius 3 is 2.85 bits per heavy atom. The SMILES string of the molecule is O=C(O)Cc1ccc(-c2csc(-c3ccccn3)n2)s1. The van der Waals surface area contributed by atoms with Crippen LogP contribution in [0.2, 0.25) is 0 Å². The van der Waals surface area contributed by atoms with Crippen LogP contribution in [0.1, 0.15) is 4.88 Å². The van der Waals surface area contributed by atoms with E-state index in [2.05, 4.69) is 9.97 Å². The average molecular weight is 302 g/mol. The van der Waals surface area contributed by atoms with E-state index in [-0.39, 0.29) is 6.42 Å². The second kappa shape index (κ2) is 5.52. The maximum absolute atomic E-state index is 10.7. The predicted octanol–water partition coefficient (Wildman–Crippen LogP) is 3.56. The standard InChI is InChI=1S/C14H10N2O2S2/c17-13(18)7-9-4-5-12(20-9)11-8-19-14(16-11)10-3-1-2-6-15-10/h1-6,8H,7H2,(H,17,18). The normalized spacial score (nSPS) is 10.6. The van der Waals surface area contributed by atoms with Gasteiger partial charge in [-0.25, -0.2) is 4.98 Å². The Hall–Kier alpha value is -2.05. The number of thiophene rings is 1. The van der Waals surface area contributed by atoms with Crippen LogP contribution in [0.5, 0.6) is 0 Å². The van der Waals surface area contributed by atoms with Crippen molar-refractivity contribution in [3.8, 4) is 21.3 Å². The van der Waals surface area contributed by atoms with Crippen molar-refractivity contribution in [1.82, 2.24) is 9.97 Å². The molecule has 3 aromatic rings. The molecule has 3 heterocycles. The van der Waals surface area contributed by atoms with Gasteiger partial charge in [-0.3, -0.25) is 9.78 Å². The van der Waals surface area contributed by atoms with E-state index >= 15 is 0 Å². The van der Waals surface area contributed by atoms with E-state index < -0.39 is 5.97 Å². The Morgan fingerprint density at radius 2 is 2.10 bits per heavy atom. The topological polar surface area (TPSA) is 63.1 Å². The number of aliphatic carboxylic acids is 1. The van der Waals surface area contributed by atoms with Gasteiger partial charge in [0, 0.05) is 16.5 Å². The molecule has 0 radical (unpaired) electrons. The van der Waals surface area contributed by atoms with Crippen molar-refractivity contribution in [2.75, 3.05) is 0 Å². The summed E-state index contributed by atoms with van der Waals surface area (Å²) in [5.74, 6) is -0.814. The zero-order valence-electron chi connectivity index (χ0n) is 10.3. The third-order valence-electron chi connectivity index (χ3n) is 2.63. The molecule has 0 unspecified atom stereocenters. The minimum atomic E-state index is -0.814. The number of carboxylic acid groups (broad SMARTS) is 1. The van der Waals surface area contributed by atoms with Crippen molar-refractivity contribution in [1.29, 1.82) is 0 Å². The van der Waals surface area contributed by atoms with Gasteiger partial charge in [0.05, 0.1) is 22.7 Å². The largest absolute Gasteiger partial charge is 0.481 e. The van der Waals surface area contributed by atoms with Crippen molar-refractivity contribution in [2.45, 2.75) is 6.42 Å². The lowest BCUT2D eigenvalue weighted by Gasteiger charge is -1.93. The van der Waals surface area contributed by atoms with Crippen molar-refractivity contribution >= 4 is 28.6 Å². The summed E-state index contributed by atoms with van der Waals surface area (Å²) in [7, 11) is 0. The zero-order chi connectivity index (χ0) is 13.9. The van der Waals surface area contributed by atoms with Crippen LogP contribution in [0.4, 0.5) is 0 Å². The summed E-state index contributed by atoms with van der Waals surface area (Å²) in [5, 5.41) is 11.6. The third kappa shape index (κ3) is 2.76. The number of rotatable bonds is 4. The molecule has 3 rings (SSSR count). The fourth-order valence-electron chi connectivity index (χ4n) is 1.75. The van der Waals surface area contributed by atoms with Crippen LogP contribution in [0.25, 0.3) is 21.3 Å². The van der Waals surface area contributed by atoms with Gasteiger partial charge in [0.2, 0.25) is 0 Å². The summed E-state index contributed by atoms with van der Waals surface area (Å²) in [6, 6.07) is 9.48. The van der Waals surface area contributed by atoms with E-state index in [0.29, 0.717) is 0 Å². The van der Waals surface area contributed by atoms with Crippen LogP contribution in [0, 0.1) is 0 Å².